The van der Waals surface area contributed by atoms with Crippen molar-refractivity contribution in [2.45, 2.75) is 13.0 Å². The lowest BCUT2D eigenvalue weighted by Crippen LogP contribution is -2.25. The highest BCUT2D eigenvalue weighted by atomic mass is 16.5. The second kappa shape index (κ2) is 6.15. The quantitative estimate of drug-likeness (QED) is 0.857. The van der Waals surface area contributed by atoms with E-state index in [4.69, 9.17) is 10.5 Å². The van der Waals surface area contributed by atoms with Gasteiger partial charge in [-0.3, -0.25) is 0 Å². The Hall–Kier alpha value is -2.14. The predicted molar refractivity (Wildman–Crippen MR) is 76.2 cm³/mol. The molecule has 0 saturated carbocycles. The molecule has 0 fully saturated rings. The number of aromatic nitrogens is 2. The Morgan fingerprint density at radius 3 is 2.74 bits per heavy atom. The fourth-order valence-electron chi connectivity index (χ4n) is 1.66. The van der Waals surface area contributed by atoms with Gasteiger partial charge < -0.3 is 15.8 Å². The Kier molecular flexibility index (Phi) is 4.30. The summed E-state index contributed by atoms with van der Waals surface area (Å²) in [5, 5.41) is 11.5. The largest absolute Gasteiger partial charge is 0.497 e. The van der Waals surface area contributed by atoms with Gasteiger partial charge in [0.1, 0.15) is 11.6 Å². The summed E-state index contributed by atoms with van der Waals surface area (Å²) in [7, 11) is 1.64. The van der Waals surface area contributed by atoms with Crippen molar-refractivity contribution in [3.05, 3.63) is 36.4 Å². The maximum atomic E-state index is 5.55. The summed E-state index contributed by atoms with van der Waals surface area (Å²) in [6.07, 6.45) is 0. The zero-order chi connectivity index (χ0) is 13.7. The number of nitrogens with two attached hydrogens (primary N) is 1. The van der Waals surface area contributed by atoms with E-state index >= 15 is 0 Å². The second-order valence-corrected chi connectivity index (χ2v) is 4.32. The number of nitrogens with zero attached hydrogens (tertiary/aromatic N) is 2. The van der Waals surface area contributed by atoms with Crippen LogP contribution in [0.25, 0.3) is 11.3 Å². The minimum absolute atomic E-state index is 0.178. The molecule has 2 rings (SSSR count). The van der Waals surface area contributed by atoms with Gasteiger partial charge in [0, 0.05) is 18.2 Å². The lowest BCUT2D eigenvalue weighted by atomic mass is 10.1. The number of nitrogens with one attached hydrogen (secondary N) is 1. The van der Waals surface area contributed by atoms with Gasteiger partial charge in [0.2, 0.25) is 0 Å². The second-order valence-electron chi connectivity index (χ2n) is 4.32. The maximum absolute atomic E-state index is 5.55. The topological polar surface area (TPSA) is 73.1 Å². The summed E-state index contributed by atoms with van der Waals surface area (Å²) >= 11 is 0. The van der Waals surface area contributed by atoms with Crippen molar-refractivity contribution in [1.29, 1.82) is 0 Å². The van der Waals surface area contributed by atoms with Crippen molar-refractivity contribution in [2.75, 3.05) is 19.0 Å². The number of ether oxygens (including phenoxy) is 1. The third-order valence-electron chi connectivity index (χ3n) is 2.78. The molecule has 1 aromatic heterocycles. The molecule has 0 aliphatic rings. The molecule has 0 aliphatic heterocycles. The number of anilines is 1. The zero-order valence-corrected chi connectivity index (χ0v) is 11.1. The average Bonchev–Trinajstić information content (AvgIpc) is 2.48. The first kappa shape index (κ1) is 13.3. The molecule has 3 N–H and O–H groups in total. The average molecular weight is 258 g/mol. The summed E-state index contributed by atoms with van der Waals surface area (Å²) < 4.78 is 5.19. The highest BCUT2D eigenvalue weighted by Gasteiger charge is 2.04. The Balaban J connectivity index is 2.17. The van der Waals surface area contributed by atoms with E-state index in [0.29, 0.717) is 6.54 Å². The van der Waals surface area contributed by atoms with Gasteiger partial charge in [-0.15, -0.1) is 10.2 Å². The van der Waals surface area contributed by atoms with Crippen LogP contribution in [0.3, 0.4) is 0 Å². The van der Waals surface area contributed by atoms with Gasteiger partial charge in [-0.1, -0.05) is 12.1 Å². The summed E-state index contributed by atoms with van der Waals surface area (Å²) in [4.78, 5) is 0. The van der Waals surface area contributed by atoms with E-state index in [1.54, 1.807) is 7.11 Å². The van der Waals surface area contributed by atoms with Crippen LogP contribution in [-0.4, -0.2) is 29.9 Å². The third kappa shape index (κ3) is 3.42. The summed E-state index contributed by atoms with van der Waals surface area (Å²) in [6, 6.07) is 11.7. The Bertz CT molecular complexity index is 527. The molecule has 0 amide bonds. The normalized spacial score (nSPS) is 11.9. The maximum Gasteiger partial charge on any atom is 0.148 e. The van der Waals surface area contributed by atoms with Gasteiger partial charge in [-0.2, -0.15) is 0 Å². The molecule has 1 heterocycles. The molecule has 0 saturated heterocycles. The monoisotopic (exact) mass is 258 g/mol. The Morgan fingerprint density at radius 1 is 1.26 bits per heavy atom. The van der Waals surface area contributed by atoms with Gasteiger partial charge in [0.25, 0.3) is 0 Å². The number of hydrogen-bond acceptors (Lipinski definition) is 5. The molecule has 1 unspecified atom stereocenters. The zero-order valence-electron chi connectivity index (χ0n) is 11.1. The number of hydrogen-bond donors (Lipinski definition) is 2. The van der Waals surface area contributed by atoms with Crippen molar-refractivity contribution < 1.29 is 4.74 Å². The molecule has 0 radical (unpaired) electrons. The van der Waals surface area contributed by atoms with Crippen molar-refractivity contribution >= 4 is 5.82 Å². The minimum atomic E-state index is 0.178. The van der Waals surface area contributed by atoms with E-state index in [-0.39, 0.29) is 6.04 Å². The minimum Gasteiger partial charge on any atom is -0.497 e. The van der Waals surface area contributed by atoms with Gasteiger partial charge >= 0.3 is 0 Å². The molecule has 0 aliphatic carbocycles. The number of rotatable bonds is 5. The van der Waals surface area contributed by atoms with Gasteiger partial charge in [0.15, 0.2) is 0 Å². The highest BCUT2D eigenvalue weighted by Crippen LogP contribution is 2.22. The molecule has 1 aromatic carbocycles. The van der Waals surface area contributed by atoms with Crippen LogP contribution < -0.4 is 15.8 Å². The van der Waals surface area contributed by atoms with Crippen LogP contribution in [0.5, 0.6) is 5.75 Å². The van der Waals surface area contributed by atoms with Crippen LogP contribution in [0.15, 0.2) is 36.4 Å². The van der Waals surface area contributed by atoms with Crippen LogP contribution in [0, 0.1) is 0 Å². The fraction of sp³-hybridized carbons (Fsp3) is 0.286. The van der Waals surface area contributed by atoms with E-state index in [1.165, 1.54) is 0 Å². The first-order valence-electron chi connectivity index (χ1n) is 6.17. The lowest BCUT2D eigenvalue weighted by Gasteiger charge is -2.11. The van der Waals surface area contributed by atoms with Crippen molar-refractivity contribution in [3.8, 4) is 17.0 Å². The first-order chi connectivity index (χ1) is 9.22. The highest BCUT2D eigenvalue weighted by molar-refractivity contribution is 5.61. The van der Waals surface area contributed by atoms with Gasteiger partial charge in [-0.25, -0.2) is 0 Å². The van der Waals surface area contributed by atoms with Crippen LogP contribution in [0.2, 0.25) is 0 Å². The summed E-state index contributed by atoms with van der Waals surface area (Å²) in [5.74, 6) is 1.53. The van der Waals surface area contributed by atoms with Crippen LogP contribution in [0.1, 0.15) is 6.92 Å². The molecule has 2 aromatic rings. The van der Waals surface area contributed by atoms with Crippen LogP contribution in [-0.2, 0) is 0 Å². The summed E-state index contributed by atoms with van der Waals surface area (Å²) in [6.45, 7) is 2.55. The molecule has 0 spiro atoms. The SMILES string of the molecule is COc1cccc(-c2ccc(NC(C)CN)nn2)c1. The van der Waals surface area contributed by atoms with Gasteiger partial charge in [0.05, 0.1) is 12.8 Å². The fourth-order valence-corrected chi connectivity index (χ4v) is 1.66. The summed E-state index contributed by atoms with van der Waals surface area (Å²) in [5.41, 5.74) is 7.34. The molecule has 0 bridgehead atoms. The molecular weight excluding hydrogens is 240 g/mol. The standard InChI is InChI=1S/C14H18N4O/c1-10(9-15)16-14-7-6-13(17-18-14)11-4-3-5-12(8-11)19-2/h3-8,10H,9,15H2,1-2H3,(H,16,18). The van der Waals surface area contributed by atoms with E-state index in [9.17, 15) is 0 Å². The van der Waals surface area contributed by atoms with Crippen molar-refractivity contribution in [1.82, 2.24) is 10.2 Å². The van der Waals surface area contributed by atoms with E-state index in [2.05, 4.69) is 15.5 Å². The molecule has 5 nitrogen and oxygen atoms in total. The van der Waals surface area contributed by atoms with E-state index in [0.717, 1.165) is 22.8 Å². The van der Waals surface area contributed by atoms with Crippen LogP contribution >= 0.6 is 0 Å². The lowest BCUT2D eigenvalue weighted by molar-refractivity contribution is 0.415. The molecule has 1 atom stereocenters. The van der Waals surface area contributed by atoms with Gasteiger partial charge in [-0.05, 0) is 31.2 Å². The van der Waals surface area contributed by atoms with Crippen LogP contribution in [0.4, 0.5) is 5.82 Å². The Labute approximate surface area is 112 Å². The molecular formula is C14H18N4O. The predicted octanol–water partition coefficient (Wildman–Crippen LogP) is 1.91. The van der Waals surface area contributed by atoms with E-state index < -0.39 is 0 Å². The molecule has 19 heavy (non-hydrogen) atoms. The smallest absolute Gasteiger partial charge is 0.148 e. The Morgan fingerprint density at radius 2 is 2.11 bits per heavy atom. The number of methoxy groups -OCH3 is 1. The molecule has 5 heteroatoms. The first-order valence-corrected chi connectivity index (χ1v) is 6.17. The van der Waals surface area contributed by atoms with Crippen molar-refractivity contribution in [2.24, 2.45) is 5.73 Å². The van der Waals surface area contributed by atoms with Crippen molar-refractivity contribution in [3.63, 3.8) is 0 Å². The third-order valence-corrected chi connectivity index (χ3v) is 2.78. The number of benzene rings is 1. The molecule has 100 valence electrons. The van der Waals surface area contributed by atoms with E-state index in [1.807, 2.05) is 43.3 Å².